The molecule has 0 saturated heterocycles. The van der Waals surface area contributed by atoms with Crippen molar-refractivity contribution < 1.29 is 5.11 Å². The highest BCUT2D eigenvalue weighted by atomic mass is 32.1. The van der Waals surface area contributed by atoms with E-state index in [1.165, 1.54) is 28.0 Å². The predicted octanol–water partition coefficient (Wildman–Crippen LogP) is 1.12. The van der Waals surface area contributed by atoms with Gasteiger partial charge < -0.3 is 5.11 Å². The van der Waals surface area contributed by atoms with E-state index in [4.69, 9.17) is 0 Å². The fourth-order valence-electron chi connectivity index (χ4n) is 1.51. The molecule has 0 amide bonds. The van der Waals surface area contributed by atoms with Crippen molar-refractivity contribution in [3.05, 3.63) is 33.2 Å². The van der Waals surface area contributed by atoms with Crippen LogP contribution in [0.25, 0.3) is 4.96 Å². The van der Waals surface area contributed by atoms with Gasteiger partial charge in [0, 0.05) is 17.1 Å². The van der Waals surface area contributed by atoms with Crippen LogP contribution in [0, 0.1) is 6.92 Å². The summed E-state index contributed by atoms with van der Waals surface area (Å²) in [5, 5.41) is 9.54. The van der Waals surface area contributed by atoms with E-state index in [9.17, 15) is 9.90 Å². The molecule has 14 heavy (non-hydrogen) atoms. The Morgan fingerprint density at radius 2 is 2.36 bits per heavy atom. The SMILES string of the molecule is Cc1sc2nccc(=O)n2c1C(C)O. The quantitative estimate of drug-likeness (QED) is 0.767. The van der Waals surface area contributed by atoms with Gasteiger partial charge in [-0.15, -0.1) is 11.3 Å². The smallest absolute Gasteiger partial charge is 0.258 e. The highest BCUT2D eigenvalue weighted by molar-refractivity contribution is 7.17. The third kappa shape index (κ3) is 1.25. The normalized spacial score (nSPS) is 13.4. The number of aryl methyl sites for hydroxylation is 1. The van der Waals surface area contributed by atoms with E-state index in [0.29, 0.717) is 10.7 Å². The first-order valence-electron chi connectivity index (χ1n) is 4.26. The lowest BCUT2D eigenvalue weighted by Crippen LogP contribution is -2.15. The third-order valence-electron chi connectivity index (χ3n) is 2.06. The molecule has 1 unspecified atom stereocenters. The highest BCUT2D eigenvalue weighted by Gasteiger charge is 2.14. The van der Waals surface area contributed by atoms with Crippen LogP contribution >= 0.6 is 11.3 Å². The lowest BCUT2D eigenvalue weighted by Gasteiger charge is -2.04. The average Bonchev–Trinajstić information content (AvgIpc) is 2.42. The first-order valence-corrected chi connectivity index (χ1v) is 5.08. The first kappa shape index (κ1) is 9.36. The topological polar surface area (TPSA) is 54.6 Å². The van der Waals surface area contributed by atoms with Crippen LogP contribution in [0.15, 0.2) is 17.1 Å². The fraction of sp³-hybridized carbons (Fsp3) is 0.333. The molecular weight excluding hydrogens is 200 g/mol. The zero-order chi connectivity index (χ0) is 10.3. The van der Waals surface area contributed by atoms with E-state index in [1.807, 2.05) is 6.92 Å². The second-order valence-corrected chi connectivity index (χ2v) is 4.30. The summed E-state index contributed by atoms with van der Waals surface area (Å²) in [7, 11) is 0. The van der Waals surface area contributed by atoms with Gasteiger partial charge in [-0.3, -0.25) is 9.20 Å². The predicted molar refractivity (Wildman–Crippen MR) is 54.7 cm³/mol. The van der Waals surface area contributed by atoms with Crippen molar-refractivity contribution in [2.24, 2.45) is 0 Å². The number of fused-ring (bicyclic) bond motifs is 1. The van der Waals surface area contributed by atoms with Gasteiger partial charge in [-0.1, -0.05) is 0 Å². The molecule has 0 aliphatic rings. The Kier molecular flexibility index (Phi) is 2.13. The standard InChI is InChI=1S/C9H10N2O2S/c1-5(12)8-6(2)14-9-10-4-3-7(13)11(8)9/h3-5,12H,1-2H3. The molecule has 2 aromatic heterocycles. The first-order chi connectivity index (χ1) is 6.61. The Labute approximate surface area is 84.5 Å². The Balaban J connectivity index is 2.94. The Bertz CT molecular complexity index is 527. The molecule has 2 heterocycles. The molecule has 1 atom stereocenters. The van der Waals surface area contributed by atoms with Crippen molar-refractivity contribution >= 4 is 16.3 Å². The van der Waals surface area contributed by atoms with E-state index in [2.05, 4.69) is 4.98 Å². The second-order valence-electron chi connectivity index (χ2n) is 3.12. The van der Waals surface area contributed by atoms with E-state index >= 15 is 0 Å². The molecule has 0 bridgehead atoms. The van der Waals surface area contributed by atoms with E-state index in [-0.39, 0.29) is 5.56 Å². The Morgan fingerprint density at radius 1 is 1.64 bits per heavy atom. The van der Waals surface area contributed by atoms with Gasteiger partial charge in [0.1, 0.15) is 0 Å². The molecule has 0 aromatic carbocycles. The van der Waals surface area contributed by atoms with Gasteiger partial charge in [0.2, 0.25) is 0 Å². The molecule has 74 valence electrons. The molecule has 0 fully saturated rings. The molecule has 2 rings (SSSR count). The van der Waals surface area contributed by atoms with Crippen molar-refractivity contribution in [2.45, 2.75) is 20.0 Å². The van der Waals surface area contributed by atoms with Crippen molar-refractivity contribution in [1.82, 2.24) is 9.38 Å². The molecule has 0 radical (unpaired) electrons. The monoisotopic (exact) mass is 210 g/mol. The average molecular weight is 210 g/mol. The summed E-state index contributed by atoms with van der Waals surface area (Å²) in [6.07, 6.45) is 0.838. The molecule has 0 saturated carbocycles. The van der Waals surface area contributed by atoms with Gasteiger partial charge in [0.25, 0.3) is 5.56 Å². The number of aromatic nitrogens is 2. The number of hydrogen-bond acceptors (Lipinski definition) is 4. The molecule has 0 spiro atoms. The van der Waals surface area contributed by atoms with Crippen LogP contribution in [0.4, 0.5) is 0 Å². The summed E-state index contributed by atoms with van der Waals surface area (Å²) >= 11 is 1.41. The number of thiazole rings is 1. The molecular formula is C9H10N2O2S. The largest absolute Gasteiger partial charge is 0.387 e. The minimum atomic E-state index is -0.648. The number of aliphatic hydroxyl groups excluding tert-OH is 1. The van der Waals surface area contributed by atoms with Gasteiger partial charge in [-0.2, -0.15) is 0 Å². The maximum absolute atomic E-state index is 11.5. The molecule has 5 heteroatoms. The fourth-order valence-corrected chi connectivity index (χ4v) is 2.55. The summed E-state index contributed by atoms with van der Waals surface area (Å²) < 4.78 is 1.46. The number of rotatable bonds is 1. The lowest BCUT2D eigenvalue weighted by atomic mass is 10.2. The maximum atomic E-state index is 11.5. The van der Waals surface area contributed by atoms with Crippen LogP contribution < -0.4 is 5.56 Å². The van der Waals surface area contributed by atoms with Crippen LogP contribution in [-0.2, 0) is 0 Å². The van der Waals surface area contributed by atoms with Crippen molar-refractivity contribution in [3.8, 4) is 0 Å². The number of hydrogen-bond donors (Lipinski definition) is 1. The zero-order valence-corrected chi connectivity index (χ0v) is 8.71. The Hall–Kier alpha value is -1.20. The van der Waals surface area contributed by atoms with Gasteiger partial charge in [0.15, 0.2) is 4.96 Å². The van der Waals surface area contributed by atoms with Crippen LogP contribution in [0.3, 0.4) is 0 Å². The molecule has 0 aliphatic carbocycles. The third-order valence-corrected chi connectivity index (χ3v) is 3.04. The second kappa shape index (κ2) is 3.18. The van der Waals surface area contributed by atoms with Crippen LogP contribution in [-0.4, -0.2) is 14.5 Å². The summed E-state index contributed by atoms with van der Waals surface area (Å²) in [5.74, 6) is 0. The lowest BCUT2D eigenvalue weighted by molar-refractivity contribution is 0.192. The van der Waals surface area contributed by atoms with E-state index < -0.39 is 6.10 Å². The Morgan fingerprint density at radius 3 is 3.00 bits per heavy atom. The van der Waals surface area contributed by atoms with Crippen molar-refractivity contribution in [3.63, 3.8) is 0 Å². The van der Waals surface area contributed by atoms with Gasteiger partial charge in [-0.05, 0) is 13.8 Å². The number of nitrogens with zero attached hydrogens (tertiary/aromatic N) is 2. The molecule has 2 aromatic rings. The van der Waals surface area contributed by atoms with E-state index in [0.717, 1.165) is 4.88 Å². The van der Waals surface area contributed by atoms with Gasteiger partial charge in [0.05, 0.1) is 11.8 Å². The van der Waals surface area contributed by atoms with Crippen LogP contribution in [0.5, 0.6) is 0 Å². The van der Waals surface area contributed by atoms with Gasteiger partial charge >= 0.3 is 0 Å². The van der Waals surface area contributed by atoms with Crippen molar-refractivity contribution in [2.75, 3.05) is 0 Å². The summed E-state index contributed by atoms with van der Waals surface area (Å²) in [4.78, 5) is 17.2. The highest BCUT2D eigenvalue weighted by Crippen LogP contribution is 2.24. The minimum Gasteiger partial charge on any atom is -0.387 e. The molecule has 4 nitrogen and oxygen atoms in total. The van der Waals surface area contributed by atoms with E-state index in [1.54, 1.807) is 6.92 Å². The molecule has 0 aliphatic heterocycles. The van der Waals surface area contributed by atoms with Crippen LogP contribution in [0.2, 0.25) is 0 Å². The summed E-state index contributed by atoms with van der Waals surface area (Å²) in [6, 6.07) is 1.39. The van der Waals surface area contributed by atoms with Crippen molar-refractivity contribution in [1.29, 1.82) is 0 Å². The maximum Gasteiger partial charge on any atom is 0.258 e. The summed E-state index contributed by atoms with van der Waals surface area (Å²) in [5.41, 5.74) is 0.498. The number of aliphatic hydroxyl groups is 1. The minimum absolute atomic E-state index is 0.143. The van der Waals surface area contributed by atoms with Crippen LogP contribution in [0.1, 0.15) is 23.6 Å². The summed E-state index contributed by atoms with van der Waals surface area (Å²) in [6.45, 7) is 3.52. The zero-order valence-electron chi connectivity index (χ0n) is 7.89. The molecule has 1 N–H and O–H groups in total. The van der Waals surface area contributed by atoms with Gasteiger partial charge in [-0.25, -0.2) is 4.98 Å².